The van der Waals surface area contributed by atoms with Gasteiger partial charge in [-0.05, 0) is 43.0 Å². The molecule has 1 atom stereocenters. The van der Waals surface area contributed by atoms with Gasteiger partial charge in [-0.1, -0.05) is 52.9 Å². The van der Waals surface area contributed by atoms with Crippen molar-refractivity contribution in [2.45, 2.75) is 65.7 Å². The standard InChI is InChI=1S/C21H32O4/c1-4-6-7-8-9-15-24-20(22)18-10-12-19(13-11-18)21(23)25-16-14-17(3)5-2/h10-13,17H,4-9,14-16H2,1-3H3. The molecule has 25 heavy (non-hydrogen) atoms. The average molecular weight is 348 g/mol. The smallest absolute Gasteiger partial charge is 0.338 e. The lowest BCUT2D eigenvalue weighted by Crippen LogP contribution is -2.10. The fraction of sp³-hybridized carbons (Fsp3) is 0.619. The maximum absolute atomic E-state index is 12.0. The first kappa shape index (κ1) is 21.2. The molecule has 0 aliphatic carbocycles. The summed E-state index contributed by atoms with van der Waals surface area (Å²) in [6, 6.07) is 6.46. The van der Waals surface area contributed by atoms with Crippen LogP contribution in [0.3, 0.4) is 0 Å². The summed E-state index contributed by atoms with van der Waals surface area (Å²) in [6.07, 6.45) is 7.53. The molecule has 0 amide bonds. The quantitative estimate of drug-likeness (QED) is 0.374. The van der Waals surface area contributed by atoms with Crippen molar-refractivity contribution in [1.29, 1.82) is 0 Å². The molecule has 0 aliphatic rings. The molecule has 4 nitrogen and oxygen atoms in total. The van der Waals surface area contributed by atoms with Crippen LogP contribution in [0.25, 0.3) is 0 Å². The van der Waals surface area contributed by atoms with Crippen LogP contribution in [0.5, 0.6) is 0 Å². The Bertz CT molecular complexity index is 507. The zero-order valence-electron chi connectivity index (χ0n) is 15.9. The van der Waals surface area contributed by atoms with Crippen molar-refractivity contribution >= 4 is 11.9 Å². The average Bonchev–Trinajstić information content (AvgIpc) is 2.64. The molecule has 1 unspecified atom stereocenters. The highest BCUT2D eigenvalue weighted by atomic mass is 16.5. The van der Waals surface area contributed by atoms with Gasteiger partial charge < -0.3 is 9.47 Å². The highest BCUT2D eigenvalue weighted by molar-refractivity contribution is 5.93. The van der Waals surface area contributed by atoms with Gasteiger partial charge in [0.05, 0.1) is 24.3 Å². The second-order valence-electron chi connectivity index (χ2n) is 6.57. The van der Waals surface area contributed by atoms with Gasteiger partial charge >= 0.3 is 11.9 Å². The van der Waals surface area contributed by atoms with Gasteiger partial charge in [0, 0.05) is 0 Å². The number of hydrogen-bond donors (Lipinski definition) is 0. The van der Waals surface area contributed by atoms with Crippen molar-refractivity contribution in [3.63, 3.8) is 0 Å². The van der Waals surface area contributed by atoms with E-state index >= 15 is 0 Å². The lowest BCUT2D eigenvalue weighted by atomic mass is 10.1. The molecule has 4 heteroatoms. The van der Waals surface area contributed by atoms with E-state index in [0.717, 1.165) is 25.7 Å². The van der Waals surface area contributed by atoms with Gasteiger partial charge in [-0.3, -0.25) is 0 Å². The number of benzene rings is 1. The number of rotatable bonds is 12. The number of unbranched alkanes of at least 4 members (excludes halogenated alkanes) is 4. The van der Waals surface area contributed by atoms with E-state index in [0.29, 0.717) is 30.3 Å². The van der Waals surface area contributed by atoms with E-state index < -0.39 is 0 Å². The Morgan fingerprint density at radius 3 is 1.88 bits per heavy atom. The number of ether oxygens (including phenoxy) is 2. The van der Waals surface area contributed by atoms with Crippen LogP contribution in [0.15, 0.2) is 24.3 Å². The second kappa shape index (κ2) is 12.5. The van der Waals surface area contributed by atoms with Crippen molar-refractivity contribution < 1.29 is 19.1 Å². The third kappa shape index (κ3) is 8.71. The van der Waals surface area contributed by atoms with Crippen LogP contribution in [0.2, 0.25) is 0 Å². The molecule has 0 heterocycles. The number of carbonyl (C=O) groups is 2. The summed E-state index contributed by atoms with van der Waals surface area (Å²) in [7, 11) is 0. The summed E-state index contributed by atoms with van der Waals surface area (Å²) in [5.41, 5.74) is 0.921. The molecule has 0 aromatic heterocycles. The molecule has 1 aromatic carbocycles. The fourth-order valence-corrected chi connectivity index (χ4v) is 2.34. The second-order valence-corrected chi connectivity index (χ2v) is 6.57. The highest BCUT2D eigenvalue weighted by Crippen LogP contribution is 2.11. The molecule has 140 valence electrons. The van der Waals surface area contributed by atoms with E-state index in [2.05, 4.69) is 20.8 Å². The van der Waals surface area contributed by atoms with Crippen LogP contribution < -0.4 is 0 Å². The summed E-state index contributed by atoms with van der Waals surface area (Å²) in [5, 5.41) is 0. The number of esters is 2. The Labute approximate surface area is 151 Å². The van der Waals surface area contributed by atoms with E-state index in [9.17, 15) is 9.59 Å². The van der Waals surface area contributed by atoms with Crippen molar-refractivity contribution in [1.82, 2.24) is 0 Å². The summed E-state index contributed by atoms with van der Waals surface area (Å²) in [4.78, 5) is 23.9. The molecule has 0 fully saturated rings. The van der Waals surface area contributed by atoms with Gasteiger partial charge in [-0.2, -0.15) is 0 Å². The monoisotopic (exact) mass is 348 g/mol. The van der Waals surface area contributed by atoms with Crippen molar-refractivity contribution in [2.75, 3.05) is 13.2 Å². The van der Waals surface area contributed by atoms with Gasteiger partial charge in [-0.25, -0.2) is 9.59 Å². The molecule has 0 saturated heterocycles. The Balaban J connectivity index is 2.34. The third-order valence-electron chi connectivity index (χ3n) is 4.38. The lowest BCUT2D eigenvalue weighted by Gasteiger charge is -2.09. The predicted octanol–water partition coefficient (Wildman–Crippen LogP) is 5.41. The van der Waals surface area contributed by atoms with Gasteiger partial charge in [-0.15, -0.1) is 0 Å². The minimum atomic E-state index is -0.348. The minimum Gasteiger partial charge on any atom is -0.462 e. The van der Waals surface area contributed by atoms with Crippen molar-refractivity contribution in [2.24, 2.45) is 5.92 Å². The normalized spacial score (nSPS) is 11.8. The van der Waals surface area contributed by atoms with E-state index in [1.807, 2.05) is 0 Å². The molecular formula is C21H32O4. The topological polar surface area (TPSA) is 52.6 Å². The molecule has 0 aliphatic heterocycles. The zero-order chi connectivity index (χ0) is 18.5. The Morgan fingerprint density at radius 2 is 1.36 bits per heavy atom. The summed E-state index contributed by atoms with van der Waals surface area (Å²) < 4.78 is 10.5. The first-order valence-electron chi connectivity index (χ1n) is 9.52. The molecule has 1 rings (SSSR count). The zero-order valence-corrected chi connectivity index (χ0v) is 15.9. The fourth-order valence-electron chi connectivity index (χ4n) is 2.34. The van der Waals surface area contributed by atoms with E-state index in [1.54, 1.807) is 24.3 Å². The molecule has 0 radical (unpaired) electrons. The van der Waals surface area contributed by atoms with Crippen LogP contribution in [0.4, 0.5) is 0 Å². The predicted molar refractivity (Wildman–Crippen MR) is 99.8 cm³/mol. The lowest BCUT2D eigenvalue weighted by molar-refractivity contribution is 0.0475. The van der Waals surface area contributed by atoms with Gasteiger partial charge in [0.25, 0.3) is 0 Å². The van der Waals surface area contributed by atoms with E-state index in [4.69, 9.17) is 9.47 Å². The Hall–Kier alpha value is -1.84. The number of hydrogen-bond acceptors (Lipinski definition) is 4. The molecule has 0 N–H and O–H groups in total. The summed E-state index contributed by atoms with van der Waals surface area (Å²) >= 11 is 0. The van der Waals surface area contributed by atoms with E-state index in [1.165, 1.54) is 19.3 Å². The van der Waals surface area contributed by atoms with Crippen LogP contribution >= 0.6 is 0 Å². The summed E-state index contributed by atoms with van der Waals surface area (Å²) in [5.74, 6) is -0.141. The van der Waals surface area contributed by atoms with Crippen LogP contribution in [-0.4, -0.2) is 25.2 Å². The summed E-state index contributed by atoms with van der Waals surface area (Å²) in [6.45, 7) is 7.30. The SMILES string of the molecule is CCCCCCCOC(=O)c1ccc(C(=O)OCCC(C)CC)cc1. The van der Waals surface area contributed by atoms with E-state index in [-0.39, 0.29) is 11.9 Å². The first-order chi connectivity index (χ1) is 12.1. The van der Waals surface area contributed by atoms with Gasteiger partial charge in [0.2, 0.25) is 0 Å². The maximum Gasteiger partial charge on any atom is 0.338 e. The van der Waals surface area contributed by atoms with Gasteiger partial charge in [0.15, 0.2) is 0 Å². The molecule has 1 aromatic rings. The first-order valence-corrected chi connectivity index (χ1v) is 9.52. The molecule has 0 spiro atoms. The third-order valence-corrected chi connectivity index (χ3v) is 4.38. The maximum atomic E-state index is 12.0. The Kier molecular flexibility index (Phi) is 10.6. The molecular weight excluding hydrogens is 316 g/mol. The highest BCUT2D eigenvalue weighted by Gasteiger charge is 2.11. The van der Waals surface area contributed by atoms with Crippen LogP contribution in [0, 0.1) is 5.92 Å². The van der Waals surface area contributed by atoms with Crippen LogP contribution in [0.1, 0.15) is 86.4 Å². The molecule has 0 bridgehead atoms. The van der Waals surface area contributed by atoms with Crippen LogP contribution in [-0.2, 0) is 9.47 Å². The minimum absolute atomic E-state index is 0.341. The van der Waals surface area contributed by atoms with Gasteiger partial charge in [0.1, 0.15) is 0 Å². The van der Waals surface area contributed by atoms with Crippen molar-refractivity contribution in [3.05, 3.63) is 35.4 Å². The van der Waals surface area contributed by atoms with Crippen molar-refractivity contribution in [3.8, 4) is 0 Å². The molecule has 0 saturated carbocycles. The Morgan fingerprint density at radius 1 is 0.840 bits per heavy atom. The largest absolute Gasteiger partial charge is 0.462 e. The number of carbonyl (C=O) groups excluding carboxylic acids is 2.